The molecule has 1 atom stereocenters. The minimum atomic E-state index is -0.0462. The Bertz CT molecular complexity index is 648. The number of amides is 1. The summed E-state index contributed by atoms with van der Waals surface area (Å²) in [6.07, 6.45) is 2.23. The fraction of sp³-hybridized carbons (Fsp3) is 0.412. The third-order valence-electron chi connectivity index (χ3n) is 4.05. The van der Waals surface area contributed by atoms with Gasteiger partial charge in [-0.15, -0.1) is 0 Å². The van der Waals surface area contributed by atoms with E-state index in [1.807, 2.05) is 29.2 Å². The van der Waals surface area contributed by atoms with Crippen molar-refractivity contribution in [1.82, 2.24) is 10.1 Å². The predicted molar refractivity (Wildman–Crippen MR) is 82.8 cm³/mol. The highest BCUT2D eigenvalue weighted by molar-refractivity contribution is 5.93. The van der Waals surface area contributed by atoms with Crippen LogP contribution in [0.5, 0.6) is 5.75 Å². The van der Waals surface area contributed by atoms with Gasteiger partial charge in [0.1, 0.15) is 5.75 Å². The van der Waals surface area contributed by atoms with Crippen molar-refractivity contribution in [2.75, 3.05) is 20.2 Å². The van der Waals surface area contributed by atoms with E-state index >= 15 is 0 Å². The molecule has 3 rings (SSSR count). The number of hydrogen-bond donors (Lipinski definition) is 0. The normalized spacial score (nSPS) is 18.3. The minimum absolute atomic E-state index is 0.0462. The van der Waals surface area contributed by atoms with Crippen molar-refractivity contribution in [2.45, 2.75) is 19.8 Å². The summed E-state index contributed by atoms with van der Waals surface area (Å²) in [5.74, 6) is 1.87. The van der Waals surface area contributed by atoms with E-state index in [1.165, 1.54) is 6.42 Å². The highest BCUT2D eigenvalue weighted by Gasteiger charge is 2.24. The van der Waals surface area contributed by atoms with Crippen LogP contribution in [0.1, 0.15) is 30.3 Å². The monoisotopic (exact) mass is 300 g/mol. The van der Waals surface area contributed by atoms with Gasteiger partial charge in [0, 0.05) is 24.7 Å². The Kier molecular flexibility index (Phi) is 4.13. The number of methoxy groups -OCH3 is 1. The SMILES string of the molecule is COc1ccc(-c2cc(C(=O)N3CCC[C@H](C)C3)no2)cc1. The maximum atomic E-state index is 12.5. The lowest BCUT2D eigenvalue weighted by atomic mass is 10.00. The van der Waals surface area contributed by atoms with Crippen LogP contribution < -0.4 is 4.74 Å². The molecule has 1 aliphatic rings. The topological polar surface area (TPSA) is 55.6 Å². The number of hydrogen-bond acceptors (Lipinski definition) is 4. The van der Waals surface area contributed by atoms with Gasteiger partial charge in [0.25, 0.3) is 5.91 Å². The first-order valence-corrected chi connectivity index (χ1v) is 7.58. The molecule has 1 saturated heterocycles. The van der Waals surface area contributed by atoms with Crippen LogP contribution in [-0.2, 0) is 0 Å². The lowest BCUT2D eigenvalue weighted by molar-refractivity contribution is 0.0672. The van der Waals surface area contributed by atoms with E-state index in [-0.39, 0.29) is 5.91 Å². The van der Waals surface area contributed by atoms with Gasteiger partial charge >= 0.3 is 0 Å². The Morgan fingerprint density at radius 2 is 2.14 bits per heavy atom. The van der Waals surface area contributed by atoms with Crippen LogP contribution in [0, 0.1) is 5.92 Å². The van der Waals surface area contributed by atoms with Crippen molar-refractivity contribution < 1.29 is 14.1 Å². The average Bonchev–Trinajstić information content (AvgIpc) is 3.04. The van der Waals surface area contributed by atoms with Crippen molar-refractivity contribution in [2.24, 2.45) is 5.92 Å². The van der Waals surface area contributed by atoms with Gasteiger partial charge in [-0.05, 0) is 43.0 Å². The Morgan fingerprint density at radius 1 is 1.36 bits per heavy atom. The summed E-state index contributed by atoms with van der Waals surface area (Å²) in [7, 11) is 1.62. The molecular weight excluding hydrogens is 280 g/mol. The van der Waals surface area contributed by atoms with E-state index < -0.39 is 0 Å². The second-order valence-corrected chi connectivity index (χ2v) is 5.80. The maximum Gasteiger partial charge on any atom is 0.276 e. The summed E-state index contributed by atoms with van der Waals surface area (Å²) in [6.45, 7) is 3.77. The summed E-state index contributed by atoms with van der Waals surface area (Å²) in [5, 5.41) is 3.94. The van der Waals surface area contributed by atoms with E-state index in [9.17, 15) is 4.79 Å². The lowest BCUT2D eigenvalue weighted by Gasteiger charge is -2.30. The van der Waals surface area contributed by atoms with Crippen LogP contribution in [0.25, 0.3) is 11.3 Å². The Morgan fingerprint density at radius 3 is 2.82 bits per heavy atom. The average molecular weight is 300 g/mol. The van der Waals surface area contributed by atoms with Crippen molar-refractivity contribution in [3.8, 4) is 17.1 Å². The number of piperidine rings is 1. The lowest BCUT2D eigenvalue weighted by Crippen LogP contribution is -2.39. The molecule has 0 unspecified atom stereocenters. The number of ether oxygens (including phenoxy) is 1. The van der Waals surface area contributed by atoms with Gasteiger partial charge in [-0.2, -0.15) is 0 Å². The maximum absolute atomic E-state index is 12.5. The van der Waals surface area contributed by atoms with Gasteiger partial charge in [0.2, 0.25) is 0 Å². The zero-order valence-electron chi connectivity index (χ0n) is 12.9. The molecule has 2 aromatic rings. The molecule has 1 amide bonds. The third-order valence-corrected chi connectivity index (χ3v) is 4.05. The first kappa shape index (κ1) is 14.6. The van der Waals surface area contributed by atoms with Gasteiger partial charge in [-0.25, -0.2) is 0 Å². The molecule has 0 radical (unpaired) electrons. The molecule has 5 nitrogen and oxygen atoms in total. The molecule has 22 heavy (non-hydrogen) atoms. The zero-order valence-corrected chi connectivity index (χ0v) is 12.9. The summed E-state index contributed by atoms with van der Waals surface area (Å²) in [5.41, 5.74) is 1.25. The van der Waals surface area contributed by atoms with Crippen LogP contribution >= 0.6 is 0 Å². The number of likely N-dealkylation sites (tertiary alicyclic amines) is 1. The van der Waals surface area contributed by atoms with Crippen LogP contribution in [0.3, 0.4) is 0 Å². The molecular formula is C17H20N2O3. The summed E-state index contributed by atoms with van der Waals surface area (Å²) >= 11 is 0. The Balaban J connectivity index is 1.76. The number of aromatic nitrogens is 1. The molecule has 1 aromatic heterocycles. The van der Waals surface area contributed by atoms with Crippen molar-refractivity contribution >= 4 is 5.91 Å². The Labute approximate surface area is 129 Å². The largest absolute Gasteiger partial charge is 0.497 e. The first-order chi connectivity index (χ1) is 10.7. The standard InChI is InChI=1S/C17H20N2O3/c1-12-4-3-9-19(11-12)17(20)15-10-16(22-18-15)13-5-7-14(21-2)8-6-13/h5-8,10,12H,3-4,9,11H2,1-2H3/t12-/m0/s1. The van der Waals surface area contributed by atoms with E-state index in [4.69, 9.17) is 9.26 Å². The molecule has 0 bridgehead atoms. The van der Waals surface area contributed by atoms with Gasteiger partial charge in [0.05, 0.1) is 7.11 Å². The molecule has 0 saturated carbocycles. The van der Waals surface area contributed by atoms with Crippen LogP contribution in [0.2, 0.25) is 0 Å². The zero-order chi connectivity index (χ0) is 15.5. The number of carbonyl (C=O) groups is 1. The molecule has 1 aromatic carbocycles. The van der Waals surface area contributed by atoms with Crippen molar-refractivity contribution in [3.05, 3.63) is 36.0 Å². The van der Waals surface area contributed by atoms with Gasteiger partial charge in [-0.1, -0.05) is 12.1 Å². The number of nitrogens with zero attached hydrogens (tertiary/aromatic N) is 2. The minimum Gasteiger partial charge on any atom is -0.497 e. The Hall–Kier alpha value is -2.30. The third kappa shape index (κ3) is 2.98. The highest BCUT2D eigenvalue weighted by atomic mass is 16.5. The summed E-state index contributed by atoms with van der Waals surface area (Å²) in [6, 6.07) is 9.19. The molecule has 1 fully saturated rings. The second kappa shape index (κ2) is 6.22. The van der Waals surface area contributed by atoms with Crippen molar-refractivity contribution in [1.29, 1.82) is 0 Å². The number of carbonyl (C=O) groups excluding carboxylic acids is 1. The van der Waals surface area contributed by atoms with Gasteiger partial charge in [-0.3, -0.25) is 4.79 Å². The quantitative estimate of drug-likeness (QED) is 0.873. The smallest absolute Gasteiger partial charge is 0.276 e. The van der Waals surface area contributed by atoms with Crippen LogP contribution in [0.15, 0.2) is 34.9 Å². The molecule has 0 aliphatic carbocycles. The number of benzene rings is 1. The van der Waals surface area contributed by atoms with Crippen LogP contribution in [-0.4, -0.2) is 36.2 Å². The predicted octanol–water partition coefficient (Wildman–Crippen LogP) is 3.22. The van der Waals surface area contributed by atoms with E-state index in [1.54, 1.807) is 13.2 Å². The second-order valence-electron chi connectivity index (χ2n) is 5.80. The van der Waals surface area contributed by atoms with E-state index in [0.29, 0.717) is 17.4 Å². The van der Waals surface area contributed by atoms with E-state index in [2.05, 4.69) is 12.1 Å². The van der Waals surface area contributed by atoms with Crippen LogP contribution in [0.4, 0.5) is 0 Å². The fourth-order valence-corrected chi connectivity index (χ4v) is 2.80. The molecule has 116 valence electrons. The van der Waals surface area contributed by atoms with E-state index in [0.717, 1.165) is 30.8 Å². The summed E-state index contributed by atoms with van der Waals surface area (Å²) < 4.78 is 10.5. The van der Waals surface area contributed by atoms with Gasteiger partial charge in [0.15, 0.2) is 11.5 Å². The molecule has 5 heteroatoms. The number of rotatable bonds is 3. The molecule has 1 aliphatic heterocycles. The molecule has 2 heterocycles. The molecule has 0 N–H and O–H groups in total. The molecule has 0 spiro atoms. The highest BCUT2D eigenvalue weighted by Crippen LogP contribution is 2.24. The first-order valence-electron chi connectivity index (χ1n) is 7.58. The van der Waals surface area contributed by atoms with Crippen molar-refractivity contribution in [3.63, 3.8) is 0 Å². The van der Waals surface area contributed by atoms with Gasteiger partial charge < -0.3 is 14.2 Å². The fourth-order valence-electron chi connectivity index (χ4n) is 2.80. The summed E-state index contributed by atoms with van der Waals surface area (Å²) in [4.78, 5) is 14.3.